The van der Waals surface area contributed by atoms with Crippen LogP contribution in [0.15, 0.2) is 36.7 Å². The second kappa shape index (κ2) is 5.85. The Balaban J connectivity index is 2.23. The molecule has 0 aliphatic carbocycles. The molecule has 19 heavy (non-hydrogen) atoms. The van der Waals surface area contributed by atoms with Gasteiger partial charge in [-0.05, 0) is 12.1 Å². The summed E-state index contributed by atoms with van der Waals surface area (Å²) in [4.78, 5) is 12.1. The molecular weight excluding hydrogens is 242 g/mol. The van der Waals surface area contributed by atoms with Crippen molar-refractivity contribution in [1.82, 2.24) is 9.78 Å². The molecule has 2 N–H and O–H groups in total. The van der Waals surface area contributed by atoms with Crippen molar-refractivity contribution >= 4 is 11.6 Å². The van der Waals surface area contributed by atoms with Crippen molar-refractivity contribution in [3.63, 3.8) is 0 Å². The van der Waals surface area contributed by atoms with Crippen LogP contribution in [0.1, 0.15) is 15.9 Å². The molecule has 0 fully saturated rings. The molecule has 0 spiro atoms. The summed E-state index contributed by atoms with van der Waals surface area (Å²) < 4.78 is 1.60. The van der Waals surface area contributed by atoms with Crippen LogP contribution in [0, 0.1) is 11.8 Å². The first kappa shape index (κ1) is 12.9. The van der Waals surface area contributed by atoms with Gasteiger partial charge in [-0.3, -0.25) is 9.48 Å². The Bertz CT molecular complexity index is 650. The van der Waals surface area contributed by atoms with Gasteiger partial charge in [-0.15, -0.1) is 0 Å². The first-order chi connectivity index (χ1) is 9.20. The predicted octanol–water partition coefficient (Wildman–Crippen LogP) is 1.02. The van der Waals surface area contributed by atoms with Crippen LogP contribution in [0.25, 0.3) is 0 Å². The third-order valence-electron chi connectivity index (χ3n) is 2.44. The van der Waals surface area contributed by atoms with Gasteiger partial charge in [0.1, 0.15) is 6.61 Å². The molecule has 5 nitrogen and oxygen atoms in total. The molecule has 0 aliphatic rings. The van der Waals surface area contributed by atoms with Crippen molar-refractivity contribution < 1.29 is 9.90 Å². The number of aliphatic hydroxyl groups excluding tert-OH is 1. The number of hydrogen-bond donors (Lipinski definition) is 2. The molecule has 1 aromatic carbocycles. The number of nitrogens with one attached hydrogen (secondary N) is 1. The number of rotatable bonds is 2. The Kier molecular flexibility index (Phi) is 3.96. The number of aliphatic hydroxyl groups is 1. The van der Waals surface area contributed by atoms with Crippen LogP contribution in [0.3, 0.4) is 0 Å². The number of benzene rings is 1. The van der Waals surface area contributed by atoms with Gasteiger partial charge in [-0.2, -0.15) is 5.10 Å². The lowest BCUT2D eigenvalue weighted by Crippen LogP contribution is -2.13. The molecule has 0 saturated heterocycles. The van der Waals surface area contributed by atoms with Crippen molar-refractivity contribution in [3.05, 3.63) is 47.8 Å². The fraction of sp³-hybridized carbons (Fsp3) is 0.143. The minimum absolute atomic E-state index is 0.238. The third-order valence-corrected chi connectivity index (χ3v) is 2.44. The normalized spacial score (nSPS) is 9.58. The Morgan fingerprint density at radius 1 is 1.47 bits per heavy atom. The molecule has 0 atom stereocenters. The van der Waals surface area contributed by atoms with E-state index < -0.39 is 0 Å². The predicted molar refractivity (Wildman–Crippen MR) is 71.6 cm³/mol. The average molecular weight is 255 g/mol. The number of amides is 1. The molecule has 1 heterocycles. The Hall–Kier alpha value is -2.58. The van der Waals surface area contributed by atoms with E-state index in [-0.39, 0.29) is 12.5 Å². The monoisotopic (exact) mass is 255 g/mol. The maximum atomic E-state index is 12.1. The maximum Gasteiger partial charge on any atom is 0.257 e. The summed E-state index contributed by atoms with van der Waals surface area (Å²) in [5.41, 5.74) is 1.67. The highest BCUT2D eigenvalue weighted by Gasteiger charge is 2.10. The average Bonchev–Trinajstić information content (AvgIpc) is 2.82. The number of aryl methyl sites for hydroxylation is 1. The van der Waals surface area contributed by atoms with E-state index in [1.165, 1.54) is 0 Å². The maximum absolute atomic E-state index is 12.1. The van der Waals surface area contributed by atoms with E-state index in [0.29, 0.717) is 16.8 Å². The number of aromatic nitrogens is 2. The lowest BCUT2D eigenvalue weighted by Gasteiger charge is -2.04. The molecule has 1 amide bonds. The number of nitrogens with zero attached hydrogens (tertiary/aromatic N) is 2. The zero-order valence-electron chi connectivity index (χ0n) is 10.4. The summed E-state index contributed by atoms with van der Waals surface area (Å²) in [6.07, 6.45) is 3.28. The molecule has 0 saturated carbocycles. The Morgan fingerprint density at radius 2 is 2.26 bits per heavy atom. The minimum Gasteiger partial charge on any atom is -0.384 e. The van der Waals surface area contributed by atoms with Gasteiger partial charge in [-0.1, -0.05) is 24.0 Å². The fourth-order valence-electron chi connectivity index (χ4n) is 1.61. The molecular formula is C14H13N3O2. The quantitative estimate of drug-likeness (QED) is 0.787. The molecule has 96 valence electrons. The number of hydrogen-bond acceptors (Lipinski definition) is 3. The second-order valence-corrected chi connectivity index (χ2v) is 3.86. The minimum atomic E-state index is -0.254. The summed E-state index contributed by atoms with van der Waals surface area (Å²) in [5.74, 6) is 5.04. The summed E-state index contributed by atoms with van der Waals surface area (Å²) in [6.45, 7) is -0.238. The van der Waals surface area contributed by atoms with Crippen LogP contribution in [0.2, 0.25) is 0 Å². The molecule has 0 aliphatic heterocycles. The van der Waals surface area contributed by atoms with Crippen LogP contribution >= 0.6 is 0 Å². The Labute approximate surface area is 110 Å². The van der Waals surface area contributed by atoms with Gasteiger partial charge in [0, 0.05) is 18.8 Å². The van der Waals surface area contributed by atoms with Crippen LogP contribution in [0.4, 0.5) is 5.69 Å². The van der Waals surface area contributed by atoms with Gasteiger partial charge in [0.05, 0.1) is 17.4 Å². The zero-order valence-corrected chi connectivity index (χ0v) is 10.4. The van der Waals surface area contributed by atoms with Crippen LogP contribution in [0.5, 0.6) is 0 Å². The van der Waals surface area contributed by atoms with Crippen molar-refractivity contribution in [2.45, 2.75) is 0 Å². The summed E-state index contributed by atoms with van der Waals surface area (Å²) in [5, 5.41) is 15.4. The van der Waals surface area contributed by atoms with Crippen molar-refractivity contribution in [2.75, 3.05) is 11.9 Å². The van der Waals surface area contributed by atoms with Crippen LogP contribution in [-0.4, -0.2) is 27.4 Å². The van der Waals surface area contributed by atoms with Gasteiger partial charge >= 0.3 is 0 Å². The fourth-order valence-corrected chi connectivity index (χ4v) is 1.61. The Morgan fingerprint density at radius 3 is 2.95 bits per heavy atom. The van der Waals surface area contributed by atoms with E-state index in [0.717, 1.165) is 0 Å². The largest absolute Gasteiger partial charge is 0.384 e. The molecule has 0 bridgehead atoms. The van der Waals surface area contributed by atoms with Gasteiger partial charge < -0.3 is 10.4 Å². The van der Waals surface area contributed by atoms with E-state index in [1.54, 1.807) is 48.4 Å². The van der Waals surface area contributed by atoms with Crippen LogP contribution < -0.4 is 5.32 Å². The molecule has 2 rings (SSSR count). The van der Waals surface area contributed by atoms with E-state index in [4.69, 9.17) is 5.11 Å². The highest BCUT2D eigenvalue weighted by atomic mass is 16.2. The van der Waals surface area contributed by atoms with E-state index >= 15 is 0 Å². The van der Waals surface area contributed by atoms with E-state index in [2.05, 4.69) is 22.3 Å². The number of carbonyl (C=O) groups is 1. The molecule has 0 radical (unpaired) electrons. The number of anilines is 1. The molecule has 0 unspecified atom stereocenters. The summed E-state index contributed by atoms with van der Waals surface area (Å²) in [6, 6.07) is 6.98. The van der Waals surface area contributed by atoms with Crippen molar-refractivity contribution in [2.24, 2.45) is 7.05 Å². The smallest absolute Gasteiger partial charge is 0.257 e. The highest BCUT2D eigenvalue weighted by molar-refractivity contribution is 6.05. The topological polar surface area (TPSA) is 67.2 Å². The first-order valence-electron chi connectivity index (χ1n) is 5.69. The lowest BCUT2D eigenvalue weighted by atomic mass is 10.1. The van der Waals surface area contributed by atoms with Crippen LogP contribution in [-0.2, 0) is 7.05 Å². The van der Waals surface area contributed by atoms with Gasteiger partial charge in [0.2, 0.25) is 0 Å². The second-order valence-electron chi connectivity index (χ2n) is 3.86. The van der Waals surface area contributed by atoms with Crippen molar-refractivity contribution in [3.8, 4) is 11.8 Å². The molecule has 5 heteroatoms. The number of carbonyl (C=O) groups excluding carboxylic acids is 1. The first-order valence-corrected chi connectivity index (χ1v) is 5.69. The SMILES string of the molecule is Cn1cc(NC(=O)c2ccccc2C#CCO)cn1. The van der Waals surface area contributed by atoms with Gasteiger partial charge in [0.25, 0.3) is 5.91 Å². The van der Waals surface area contributed by atoms with Gasteiger partial charge in [0.15, 0.2) is 0 Å². The standard InChI is InChI=1S/C14H13N3O2/c1-17-10-12(9-15-17)16-14(19)13-7-3-2-5-11(13)6-4-8-18/h2-3,5,7,9-10,18H,8H2,1H3,(H,16,19). The summed E-state index contributed by atoms with van der Waals surface area (Å²) >= 11 is 0. The van der Waals surface area contributed by atoms with E-state index in [9.17, 15) is 4.79 Å². The third kappa shape index (κ3) is 3.21. The molecule has 2 aromatic rings. The van der Waals surface area contributed by atoms with Crippen molar-refractivity contribution in [1.29, 1.82) is 0 Å². The lowest BCUT2D eigenvalue weighted by molar-refractivity contribution is 0.102. The van der Waals surface area contributed by atoms with Gasteiger partial charge in [-0.25, -0.2) is 0 Å². The highest BCUT2D eigenvalue weighted by Crippen LogP contribution is 2.11. The molecule has 1 aromatic heterocycles. The van der Waals surface area contributed by atoms with E-state index in [1.807, 2.05) is 0 Å². The zero-order chi connectivity index (χ0) is 13.7. The summed E-state index contributed by atoms with van der Waals surface area (Å²) in [7, 11) is 1.77.